The van der Waals surface area contributed by atoms with Gasteiger partial charge in [-0.3, -0.25) is 4.79 Å². The monoisotopic (exact) mass is 376 g/mol. The summed E-state index contributed by atoms with van der Waals surface area (Å²) in [6, 6.07) is 6.42. The fourth-order valence-electron chi connectivity index (χ4n) is 3.31. The molecule has 2 aromatic rings. The smallest absolute Gasteiger partial charge is 0.233 e. The minimum atomic E-state index is -0.284. The number of hydrogen-bond donors (Lipinski definition) is 1. The second-order valence-corrected chi connectivity index (χ2v) is 8.32. The van der Waals surface area contributed by atoms with Crippen LogP contribution in [-0.4, -0.2) is 32.0 Å². The summed E-state index contributed by atoms with van der Waals surface area (Å²) in [7, 11) is 1.86. The number of rotatable bonds is 5. The van der Waals surface area contributed by atoms with Gasteiger partial charge in [0.15, 0.2) is 11.0 Å². The van der Waals surface area contributed by atoms with Crippen LogP contribution in [-0.2, 0) is 11.8 Å². The van der Waals surface area contributed by atoms with Gasteiger partial charge in [-0.2, -0.15) is 0 Å². The molecule has 5 nitrogen and oxygen atoms in total. The van der Waals surface area contributed by atoms with E-state index in [4.69, 9.17) is 0 Å². The lowest BCUT2D eigenvalue weighted by atomic mass is 9.86. The van der Waals surface area contributed by atoms with E-state index in [0.29, 0.717) is 16.9 Å². The molecular weight excluding hydrogens is 351 g/mol. The number of carbonyl (C=O) groups excluding carboxylic acids is 1. The van der Waals surface area contributed by atoms with Crippen LogP contribution in [0.5, 0.6) is 0 Å². The lowest BCUT2D eigenvalue weighted by Gasteiger charge is -2.30. The molecule has 1 fully saturated rings. The molecule has 0 bridgehead atoms. The third-order valence-corrected chi connectivity index (χ3v) is 6.16. The molecule has 0 unspecified atom stereocenters. The molecule has 140 valence electrons. The SMILES string of the molecule is C[C@@H]1CCCC[C@@H]1NC(=O)[C@@H](C)Sc1nnc(-c2ccc(F)cc2)n1C. The van der Waals surface area contributed by atoms with Crippen molar-refractivity contribution in [3.8, 4) is 11.4 Å². The highest BCUT2D eigenvalue weighted by atomic mass is 32.2. The quantitative estimate of drug-likeness (QED) is 0.807. The van der Waals surface area contributed by atoms with E-state index in [2.05, 4.69) is 22.4 Å². The summed E-state index contributed by atoms with van der Waals surface area (Å²) < 4.78 is 14.9. The highest BCUT2D eigenvalue weighted by Gasteiger charge is 2.26. The van der Waals surface area contributed by atoms with Crippen LogP contribution in [0.4, 0.5) is 4.39 Å². The van der Waals surface area contributed by atoms with Crippen molar-refractivity contribution in [2.75, 3.05) is 0 Å². The molecule has 26 heavy (non-hydrogen) atoms. The normalized spacial score (nSPS) is 21.4. The van der Waals surface area contributed by atoms with Crippen molar-refractivity contribution < 1.29 is 9.18 Å². The number of nitrogens with zero attached hydrogens (tertiary/aromatic N) is 3. The predicted octanol–water partition coefficient (Wildman–Crippen LogP) is 3.80. The number of nitrogens with one attached hydrogen (secondary N) is 1. The summed E-state index contributed by atoms with van der Waals surface area (Å²) in [5.41, 5.74) is 0.793. The number of hydrogen-bond acceptors (Lipinski definition) is 4. The van der Waals surface area contributed by atoms with Crippen molar-refractivity contribution in [1.29, 1.82) is 0 Å². The van der Waals surface area contributed by atoms with Gasteiger partial charge in [-0.1, -0.05) is 31.5 Å². The van der Waals surface area contributed by atoms with Gasteiger partial charge in [0.25, 0.3) is 0 Å². The van der Waals surface area contributed by atoms with Crippen LogP contribution < -0.4 is 5.32 Å². The van der Waals surface area contributed by atoms with Crippen LogP contribution in [0.1, 0.15) is 39.5 Å². The maximum absolute atomic E-state index is 13.1. The lowest BCUT2D eigenvalue weighted by Crippen LogP contribution is -2.44. The summed E-state index contributed by atoms with van der Waals surface area (Å²) >= 11 is 1.39. The molecule has 1 aromatic heterocycles. The van der Waals surface area contributed by atoms with Gasteiger partial charge in [0.2, 0.25) is 5.91 Å². The first kappa shape index (κ1) is 18.9. The fourth-order valence-corrected chi connectivity index (χ4v) is 4.13. The van der Waals surface area contributed by atoms with Crippen molar-refractivity contribution in [3.63, 3.8) is 0 Å². The first-order chi connectivity index (χ1) is 12.5. The van der Waals surface area contributed by atoms with E-state index in [1.807, 2.05) is 18.5 Å². The van der Waals surface area contributed by atoms with E-state index in [0.717, 1.165) is 12.0 Å². The molecule has 1 aliphatic rings. The van der Waals surface area contributed by atoms with Crippen molar-refractivity contribution >= 4 is 17.7 Å². The molecule has 1 aliphatic carbocycles. The van der Waals surface area contributed by atoms with Crippen LogP contribution in [0.3, 0.4) is 0 Å². The number of aromatic nitrogens is 3. The van der Waals surface area contributed by atoms with Crippen LogP contribution in [0, 0.1) is 11.7 Å². The molecule has 0 saturated heterocycles. The maximum Gasteiger partial charge on any atom is 0.233 e. The molecule has 3 atom stereocenters. The van der Waals surface area contributed by atoms with E-state index in [1.165, 1.54) is 43.2 Å². The minimum absolute atomic E-state index is 0.0417. The highest BCUT2D eigenvalue weighted by Crippen LogP contribution is 2.27. The number of benzene rings is 1. The molecule has 1 heterocycles. The zero-order valence-electron chi connectivity index (χ0n) is 15.4. The van der Waals surface area contributed by atoms with Gasteiger partial charge < -0.3 is 9.88 Å². The second kappa shape index (κ2) is 8.20. The van der Waals surface area contributed by atoms with Crippen molar-refractivity contribution in [2.24, 2.45) is 13.0 Å². The average molecular weight is 377 g/mol. The molecule has 1 N–H and O–H groups in total. The summed E-state index contributed by atoms with van der Waals surface area (Å²) in [4.78, 5) is 12.6. The number of carbonyl (C=O) groups is 1. The molecular formula is C19H25FN4OS. The van der Waals surface area contributed by atoms with Gasteiger partial charge in [-0.25, -0.2) is 4.39 Å². The van der Waals surface area contributed by atoms with Gasteiger partial charge in [-0.05, 0) is 49.9 Å². The Morgan fingerprint density at radius 3 is 2.65 bits per heavy atom. The average Bonchev–Trinajstić information content (AvgIpc) is 2.98. The number of halogens is 1. The van der Waals surface area contributed by atoms with Crippen molar-refractivity contribution in [2.45, 2.75) is 56.0 Å². The van der Waals surface area contributed by atoms with Gasteiger partial charge >= 0.3 is 0 Å². The third-order valence-electron chi connectivity index (χ3n) is 5.03. The Balaban J connectivity index is 1.65. The molecule has 0 spiro atoms. The van der Waals surface area contributed by atoms with Crippen molar-refractivity contribution in [3.05, 3.63) is 30.1 Å². The highest BCUT2D eigenvalue weighted by molar-refractivity contribution is 8.00. The Kier molecular flexibility index (Phi) is 5.96. The lowest BCUT2D eigenvalue weighted by molar-refractivity contribution is -0.121. The topological polar surface area (TPSA) is 59.8 Å². The van der Waals surface area contributed by atoms with E-state index in [1.54, 1.807) is 12.1 Å². The van der Waals surface area contributed by atoms with Gasteiger partial charge in [0.1, 0.15) is 5.82 Å². The van der Waals surface area contributed by atoms with E-state index >= 15 is 0 Å². The number of amides is 1. The summed E-state index contributed by atoms with van der Waals surface area (Å²) in [6.45, 7) is 4.10. The fraction of sp³-hybridized carbons (Fsp3) is 0.526. The summed E-state index contributed by atoms with van der Waals surface area (Å²) in [5.74, 6) is 0.943. The summed E-state index contributed by atoms with van der Waals surface area (Å²) in [5, 5.41) is 12.0. The van der Waals surface area contributed by atoms with Crippen molar-refractivity contribution in [1.82, 2.24) is 20.1 Å². The van der Waals surface area contributed by atoms with Crippen LogP contribution in [0.2, 0.25) is 0 Å². The van der Waals surface area contributed by atoms with E-state index in [-0.39, 0.29) is 23.0 Å². The summed E-state index contributed by atoms with van der Waals surface area (Å²) in [6.07, 6.45) is 4.67. The zero-order valence-corrected chi connectivity index (χ0v) is 16.2. The van der Waals surface area contributed by atoms with E-state index in [9.17, 15) is 9.18 Å². The largest absolute Gasteiger partial charge is 0.352 e. The zero-order chi connectivity index (χ0) is 18.7. The van der Waals surface area contributed by atoms with Gasteiger partial charge in [0, 0.05) is 18.7 Å². The Morgan fingerprint density at radius 1 is 1.27 bits per heavy atom. The standard InChI is InChI=1S/C19H25FN4OS/c1-12-6-4-5-7-16(12)21-18(25)13(2)26-19-23-22-17(24(19)3)14-8-10-15(20)11-9-14/h8-13,16H,4-7H2,1-3H3,(H,21,25)/t12-,13-,16+/m1/s1. The minimum Gasteiger partial charge on any atom is -0.352 e. The first-order valence-corrected chi connectivity index (χ1v) is 9.96. The van der Waals surface area contributed by atoms with Gasteiger partial charge in [-0.15, -0.1) is 10.2 Å². The molecule has 1 aromatic carbocycles. The molecule has 1 amide bonds. The van der Waals surface area contributed by atoms with Crippen LogP contribution >= 0.6 is 11.8 Å². The van der Waals surface area contributed by atoms with E-state index < -0.39 is 0 Å². The maximum atomic E-state index is 13.1. The molecule has 0 radical (unpaired) electrons. The Labute approximate surface area is 157 Å². The Bertz CT molecular complexity index is 761. The third kappa shape index (κ3) is 4.26. The Morgan fingerprint density at radius 2 is 1.96 bits per heavy atom. The number of thioether (sulfide) groups is 1. The molecule has 7 heteroatoms. The Hall–Kier alpha value is -1.89. The predicted molar refractivity (Wildman–Crippen MR) is 101 cm³/mol. The van der Waals surface area contributed by atoms with Crippen LogP contribution in [0.15, 0.2) is 29.4 Å². The molecule has 3 rings (SSSR count). The molecule has 1 saturated carbocycles. The van der Waals surface area contributed by atoms with Gasteiger partial charge in [0.05, 0.1) is 5.25 Å². The molecule has 0 aliphatic heterocycles. The van der Waals surface area contributed by atoms with Crippen LogP contribution in [0.25, 0.3) is 11.4 Å². The first-order valence-electron chi connectivity index (χ1n) is 9.08. The second-order valence-electron chi connectivity index (χ2n) is 7.01.